The molecule has 0 saturated carbocycles. The summed E-state index contributed by atoms with van der Waals surface area (Å²) < 4.78 is 38.2. The van der Waals surface area contributed by atoms with Crippen LogP contribution in [0.25, 0.3) is 0 Å². The molecule has 0 aromatic heterocycles. The maximum Gasteiger partial charge on any atom is 0.161 e. The molecule has 76 valence electrons. The Balaban J connectivity index is 2.87. The predicted molar refractivity (Wildman–Crippen MR) is 49.6 cm³/mol. The van der Waals surface area contributed by atoms with Gasteiger partial charge in [0.2, 0.25) is 0 Å². The van der Waals surface area contributed by atoms with Gasteiger partial charge in [0.25, 0.3) is 0 Å². The molecule has 0 aliphatic heterocycles. The van der Waals surface area contributed by atoms with Crippen LogP contribution < -0.4 is 5.32 Å². The SMILES string of the molecule is C=C(C)CNc1cc(F)c(F)cc1F. The Hall–Kier alpha value is -1.45. The molecule has 4 heteroatoms. The summed E-state index contributed by atoms with van der Waals surface area (Å²) in [7, 11) is 0. The molecule has 0 fully saturated rings. The minimum atomic E-state index is -1.19. The Labute approximate surface area is 80.2 Å². The van der Waals surface area contributed by atoms with Gasteiger partial charge in [0.15, 0.2) is 11.6 Å². The summed E-state index contributed by atoms with van der Waals surface area (Å²) in [5.74, 6) is -3.08. The molecule has 0 aliphatic carbocycles. The van der Waals surface area contributed by atoms with E-state index in [1.54, 1.807) is 6.92 Å². The highest BCUT2D eigenvalue weighted by Gasteiger charge is 2.08. The summed E-state index contributed by atoms with van der Waals surface area (Å²) in [6.45, 7) is 5.65. The minimum Gasteiger partial charge on any atom is -0.379 e. The van der Waals surface area contributed by atoms with Crippen LogP contribution in [0.4, 0.5) is 18.9 Å². The molecule has 0 amide bonds. The molecule has 1 nitrogen and oxygen atoms in total. The van der Waals surface area contributed by atoms with Gasteiger partial charge >= 0.3 is 0 Å². The number of benzene rings is 1. The molecule has 1 aromatic rings. The zero-order valence-electron chi connectivity index (χ0n) is 7.70. The molecule has 1 N–H and O–H groups in total. The molecule has 0 radical (unpaired) electrons. The molecule has 14 heavy (non-hydrogen) atoms. The molecule has 0 atom stereocenters. The monoisotopic (exact) mass is 201 g/mol. The van der Waals surface area contributed by atoms with E-state index in [0.717, 1.165) is 11.6 Å². The summed E-state index contributed by atoms with van der Waals surface area (Å²) in [4.78, 5) is 0. The largest absolute Gasteiger partial charge is 0.379 e. The number of anilines is 1. The van der Waals surface area contributed by atoms with Crippen LogP contribution in [0.5, 0.6) is 0 Å². The summed E-state index contributed by atoms with van der Waals surface area (Å²) in [6, 6.07) is 1.30. The maximum absolute atomic E-state index is 13.0. The number of hydrogen-bond acceptors (Lipinski definition) is 1. The second-order valence-electron chi connectivity index (χ2n) is 3.06. The third-order valence-corrected chi connectivity index (χ3v) is 1.59. The van der Waals surface area contributed by atoms with Crippen LogP contribution in [-0.2, 0) is 0 Å². The first-order valence-corrected chi connectivity index (χ1v) is 4.03. The summed E-state index contributed by atoms with van der Waals surface area (Å²) in [5, 5.41) is 2.60. The second-order valence-corrected chi connectivity index (χ2v) is 3.06. The lowest BCUT2D eigenvalue weighted by Crippen LogP contribution is -2.05. The van der Waals surface area contributed by atoms with Crippen LogP contribution in [0.1, 0.15) is 6.92 Å². The Morgan fingerprint density at radius 3 is 2.36 bits per heavy atom. The fourth-order valence-corrected chi connectivity index (χ4v) is 0.904. The van der Waals surface area contributed by atoms with Crippen LogP contribution in [0.2, 0.25) is 0 Å². The molecule has 0 aliphatic rings. The lowest BCUT2D eigenvalue weighted by molar-refractivity contribution is 0.496. The van der Waals surface area contributed by atoms with Crippen molar-refractivity contribution < 1.29 is 13.2 Å². The second kappa shape index (κ2) is 4.17. The van der Waals surface area contributed by atoms with Crippen LogP contribution in [-0.4, -0.2) is 6.54 Å². The molecule has 0 saturated heterocycles. The quantitative estimate of drug-likeness (QED) is 0.585. The molecule has 0 bridgehead atoms. The van der Waals surface area contributed by atoms with Crippen LogP contribution >= 0.6 is 0 Å². The van der Waals surface area contributed by atoms with Gasteiger partial charge in [-0.2, -0.15) is 0 Å². The van der Waals surface area contributed by atoms with Crippen molar-refractivity contribution in [2.24, 2.45) is 0 Å². The summed E-state index contributed by atoms with van der Waals surface area (Å²) in [5.41, 5.74) is 0.709. The highest BCUT2D eigenvalue weighted by atomic mass is 19.2. The zero-order chi connectivity index (χ0) is 10.7. The van der Waals surface area contributed by atoms with Gasteiger partial charge < -0.3 is 5.32 Å². The Bertz CT molecular complexity index is 361. The van der Waals surface area contributed by atoms with E-state index < -0.39 is 17.5 Å². The number of hydrogen-bond donors (Lipinski definition) is 1. The van der Waals surface area contributed by atoms with Gasteiger partial charge in [0, 0.05) is 18.7 Å². The van der Waals surface area contributed by atoms with Crippen LogP contribution in [0.3, 0.4) is 0 Å². The number of halogens is 3. The topological polar surface area (TPSA) is 12.0 Å². The number of nitrogens with one attached hydrogen (secondary N) is 1. The van der Waals surface area contributed by atoms with Crippen molar-refractivity contribution in [3.8, 4) is 0 Å². The third kappa shape index (κ3) is 2.52. The summed E-state index contributed by atoms with van der Waals surface area (Å²) >= 11 is 0. The van der Waals surface area contributed by atoms with E-state index in [0.29, 0.717) is 12.6 Å². The normalized spacial score (nSPS) is 10.0. The van der Waals surface area contributed by atoms with E-state index in [1.807, 2.05) is 0 Å². The third-order valence-electron chi connectivity index (χ3n) is 1.59. The highest BCUT2D eigenvalue weighted by molar-refractivity contribution is 5.46. The molecule has 0 unspecified atom stereocenters. The van der Waals surface area contributed by atoms with E-state index in [-0.39, 0.29) is 5.69 Å². The van der Waals surface area contributed by atoms with E-state index >= 15 is 0 Å². The van der Waals surface area contributed by atoms with Crippen molar-refractivity contribution in [3.05, 3.63) is 41.7 Å². The molecule has 1 aromatic carbocycles. The van der Waals surface area contributed by atoms with Gasteiger partial charge in [-0.05, 0) is 6.92 Å². The van der Waals surface area contributed by atoms with Gasteiger partial charge in [-0.25, -0.2) is 13.2 Å². The maximum atomic E-state index is 13.0. The first-order chi connectivity index (χ1) is 6.50. The van der Waals surface area contributed by atoms with E-state index in [9.17, 15) is 13.2 Å². The Morgan fingerprint density at radius 2 is 1.79 bits per heavy atom. The lowest BCUT2D eigenvalue weighted by Gasteiger charge is -2.07. The molecular formula is C10H10F3N. The predicted octanol–water partition coefficient (Wildman–Crippen LogP) is 3.09. The average Bonchev–Trinajstić information content (AvgIpc) is 2.09. The van der Waals surface area contributed by atoms with Crippen molar-refractivity contribution in [3.63, 3.8) is 0 Å². The lowest BCUT2D eigenvalue weighted by atomic mass is 10.2. The van der Waals surface area contributed by atoms with Crippen LogP contribution in [0, 0.1) is 17.5 Å². The van der Waals surface area contributed by atoms with E-state index in [1.165, 1.54) is 0 Å². The van der Waals surface area contributed by atoms with Gasteiger partial charge in [0.1, 0.15) is 5.82 Å². The van der Waals surface area contributed by atoms with E-state index in [2.05, 4.69) is 11.9 Å². The van der Waals surface area contributed by atoms with Crippen molar-refractivity contribution in [1.29, 1.82) is 0 Å². The van der Waals surface area contributed by atoms with Crippen molar-refractivity contribution >= 4 is 5.69 Å². The number of rotatable bonds is 3. The fourth-order valence-electron chi connectivity index (χ4n) is 0.904. The Kier molecular flexibility index (Phi) is 3.17. The van der Waals surface area contributed by atoms with Crippen molar-refractivity contribution in [2.45, 2.75) is 6.92 Å². The summed E-state index contributed by atoms with van der Waals surface area (Å²) in [6.07, 6.45) is 0. The smallest absolute Gasteiger partial charge is 0.161 e. The van der Waals surface area contributed by atoms with E-state index in [4.69, 9.17) is 0 Å². The van der Waals surface area contributed by atoms with Gasteiger partial charge in [-0.3, -0.25) is 0 Å². The van der Waals surface area contributed by atoms with Gasteiger partial charge in [0.05, 0.1) is 5.69 Å². The molecular weight excluding hydrogens is 191 g/mol. The van der Waals surface area contributed by atoms with Crippen molar-refractivity contribution in [1.82, 2.24) is 0 Å². The molecule has 0 heterocycles. The highest BCUT2D eigenvalue weighted by Crippen LogP contribution is 2.18. The van der Waals surface area contributed by atoms with Crippen LogP contribution in [0.15, 0.2) is 24.3 Å². The van der Waals surface area contributed by atoms with Gasteiger partial charge in [-0.15, -0.1) is 0 Å². The van der Waals surface area contributed by atoms with Crippen molar-refractivity contribution in [2.75, 3.05) is 11.9 Å². The zero-order valence-corrected chi connectivity index (χ0v) is 7.70. The van der Waals surface area contributed by atoms with Gasteiger partial charge in [-0.1, -0.05) is 12.2 Å². The Morgan fingerprint density at radius 1 is 1.21 bits per heavy atom. The standard InChI is InChI=1S/C10H10F3N/c1-6(2)5-14-10-4-8(12)7(11)3-9(10)13/h3-4,14H,1,5H2,2H3. The first kappa shape index (κ1) is 10.6. The fraction of sp³-hybridized carbons (Fsp3) is 0.200. The first-order valence-electron chi connectivity index (χ1n) is 4.03. The molecule has 1 rings (SSSR count). The average molecular weight is 201 g/mol. The molecule has 0 spiro atoms. The minimum absolute atomic E-state index is 0.0631.